The van der Waals surface area contributed by atoms with Gasteiger partial charge in [0.1, 0.15) is 11.6 Å². The standard InChI is InChI=1S/C23H37NO6/c1-13(2)16(18(25)8-15-11-24-22(29)21(15)28)9-19(26)17(14(3)4)10-20(27)30-12-23(5,6)7/h13-17H,8-12H2,1-7H3,(H,24,29). The Balaban J connectivity index is 2.78. The quantitative estimate of drug-likeness (QED) is 0.404. The highest BCUT2D eigenvalue weighted by Crippen LogP contribution is 2.27. The van der Waals surface area contributed by atoms with Crippen LogP contribution in [-0.2, 0) is 28.7 Å². The number of ether oxygens (including phenoxy) is 1. The monoisotopic (exact) mass is 423 g/mol. The van der Waals surface area contributed by atoms with Gasteiger partial charge in [0.25, 0.3) is 5.91 Å². The van der Waals surface area contributed by atoms with Gasteiger partial charge in [-0.3, -0.25) is 24.0 Å². The zero-order chi connectivity index (χ0) is 23.2. The molecule has 1 fully saturated rings. The summed E-state index contributed by atoms with van der Waals surface area (Å²) >= 11 is 0. The van der Waals surface area contributed by atoms with Crippen LogP contribution in [0.2, 0.25) is 0 Å². The van der Waals surface area contributed by atoms with Crippen molar-refractivity contribution in [2.24, 2.45) is 35.0 Å². The lowest BCUT2D eigenvalue weighted by Gasteiger charge is -2.25. The molecule has 3 unspecified atom stereocenters. The fourth-order valence-corrected chi connectivity index (χ4v) is 3.49. The van der Waals surface area contributed by atoms with Crippen molar-refractivity contribution in [3.8, 4) is 0 Å². The van der Waals surface area contributed by atoms with E-state index in [9.17, 15) is 24.0 Å². The van der Waals surface area contributed by atoms with Gasteiger partial charge >= 0.3 is 5.97 Å². The van der Waals surface area contributed by atoms with E-state index in [0.29, 0.717) is 0 Å². The molecule has 1 rings (SSSR count). The molecule has 1 amide bonds. The molecule has 0 aromatic carbocycles. The van der Waals surface area contributed by atoms with Gasteiger partial charge in [-0.15, -0.1) is 0 Å². The molecule has 0 aromatic heterocycles. The van der Waals surface area contributed by atoms with Gasteiger partial charge in [0.15, 0.2) is 0 Å². The minimum absolute atomic E-state index is 0.00881. The average molecular weight is 424 g/mol. The second-order valence-electron chi connectivity index (χ2n) is 10.2. The third-order valence-corrected chi connectivity index (χ3v) is 5.46. The molecule has 1 aliphatic heterocycles. The van der Waals surface area contributed by atoms with E-state index in [1.54, 1.807) is 0 Å². The average Bonchev–Trinajstić information content (AvgIpc) is 2.93. The van der Waals surface area contributed by atoms with E-state index in [1.165, 1.54) is 0 Å². The summed E-state index contributed by atoms with van der Waals surface area (Å²) in [6.07, 6.45) is -0.0348. The second kappa shape index (κ2) is 10.8. The zero-order valence-electron chi connectivity index (χ0n) is 19.4. The lowest BCUT2D eigenvalue weighted by Crippen LogP contribution is -2.32. The predicted molar refractivity (Wildman–Crippen MR) is 112 cm³/mol. The Morgan fingerprint density at radius 3 is 1.93 bits per heavy atom. The molecule has 7 nitrogen and oxygen atoms in total. The molecule has 0 radical (unpaired) electrons. The van der Waals surface area contributed by atoms with E-state index in [-0.39, 0.29) is 61.2 Å². The van der Waals surface area contributed by atoms with Crippen LogP contribution < -0.4 is 5.32 Å². The first-order valence-electron chi connectivity index (χ1n) is 10.8. The lowest BCUT2D eigenvalue weighted by atomic mass is 9.78. The molecule has 1 saturated heterocycles. The summed E-state index contributed by atoms with van der Waals surface area (Å²) in [5.74, 6) is -3.86. The number of hydrogen-bond donors (Lipinski definition) is 1. The number of carbonyl (C=O) groups is 5. The van der Waals surface area contributed by atoms with Gasteiger partial charge in [-0.25, -0.2) is 0 Å². The van der Waals surface area contributed by atoms with Gasteiger partial charge < -0.3 is 10.1 Å². The SMILES string of the molecule is CC(C)C(CC(=O)OCC(C)(C)C)C(=O)CC(C(=O)CC1CNC(=O)C1=O)C(C)C. The molecule has 1 aliphatic rings. The third-order valence-electron chi connectivity index (χ3n) is 5.46. The van der Waals surface area contributed by atoms with E-state index < -0.39 is 35.4 Å². The normalized spacial score (nSPS) is 19.0. The maximum absolute atomic E-state index is 13.0. The summed E-state index contributed by atoms with van der Waals surface area (Å²) in [7, 11) is 0. The van der Waals surface area contributed by atoms with Gasteiger partial charge in [-0.1, -0.05) is 48.5 Å². The van der Waals surface area contributed by atoms with Crippen LogP contribution in [0, 0.1) is 35.0 Å². The molecule has 1 heterocycles. The second-order valence-corrected chi connectivity index (χ2v) is 10.2. The number of esters is 1. The Morgan fingerprint density at radius 1 is 0.967 bits per heavy atom. The van der Waals surface area contributed by atoms with Crippen LogP contribution in [-0.4, -0.2) is 42.4 Å². The Hall–Kier alpha value is -2.05. The molecule has 0 saturated carbocycles. The van der Waals surface area contributed by atoms with Crippen LogP contribution in [0.5, 0.6) is 0 Å². The van der Waals surface area contributed by atoms with Crippen LogP contribution in [0.3, 0.4) is 0 Å². The van der Waals surface area contributed by atoms with Crippen molar-refractivity contribution < 1.29 is 28.7 Å². The van der Waals surface area contributed by atoms with E-state index in [4.69, 9.17) is 4.74 Å². The number of hydrogen-bond acceptors (Lipinski definition) is 6. The summed E-state index contributed by atoms with van der Waals surface area (Å²) in [4.78, 5) is 61.2. The number of rotatable bonds is 11. The topological polar surface area (TPSA) is 107 Å². The molecule has 7 heteroatoms. The summed E-state index contributed by atoms with van der Waals surface area (Å²) in [6.45, 7) is 13.8. The minimum Gasteiger partial charge on any atom is -0.465 e. The molecule has 0 aromatic rings. The Morgan fingerprint density at radius 2 is 1.50 bits per heavy atom. The molecule has 1 N–H and O–H groups in total. The Bertz CT molecular complexity index is 674. The van der Waals surface area contributed by atoms with Crippen molar-refractivity contribution in [1.29, 1.82) is 0 Å². The smallest absolute Gasteiger partial charge is 0.306 e. The van der Waals surface area contributed by atoms with Crippen LogP contribution >= 0.6 is 0 Å². The first-order chi connectivity index (χ1) is 13.7. The molecular formula is C23H37NO6. The van der Waals surface area contributed by atoms with E-state index in [2.05, 4.69) is 5.32 Å². The van der Waals surface area contributed by atoms with E-state index in [0.717, 1.165) is 0 Å². The van der Waals surface area contributed by atoms with Crippen molar-refractivity contribution in [3.05, 3.63) is 0 Å². The fourth-order valence-electron chi connectivity index (χ4n) is 3.49. The molecular weight excluding hydrogens is 386 g/mol. The first kappa shape index (κ1) is 26.0. The van der Waals surface area contributed by atoms with Gasteiger partial charge in [-0.05, 0) is 17.3 Å². The van der Waals surface area contributed by atoms with Gasteiger partial charge in [0.2, 0.25) is 5.78 Å². The largest absolute Gasteiger partial charge is 0.465 e. The van der Waals surface area contributed by atoms with E-state index in [1.807, 2.05) is 48.5 Å². The highest BCUT2D eigenvalue weighted by atomic mass is 16.5. The Kier molecular flexibility index (Phi) is 9.37. The summed E-state index contributed by atoms with van der Waals surface area (Å²) in [5.41, 5.74) is -0.157. The maximum Gasteiger partial charge on any atom is 0.306 e. The van der Waals surface area contributed by atoms with E-state index >= 15 is 0 Å². The fraction of sp³-hybridized carbons (Fsp3) is 0.783. The van der Waals surface area contributed by atoms with Crippen molar-refractivity contribution in [2.45, 2.75) is 67.7 Å². The van der Waals surface area contributed by atoms with Crippen LogP contribution in [0.15, 0.2) is 0 Å². The molecule has 0 spiro atoms. The summed E-state index contributed by atoms with van der Waals surface area (Å²) in [6, 6.07) is 0. The zero-order valence-corrected chi connectivity index (χ0v) is 19.4. The van der Waals surface area contributed by atoms with Gasteiger partial charge in [-0.2, -0.15) is 0 Å². The van der Waals surface area contributed by atoms with Crippen molar-refractivity contribution >= 4 is 29.2 Å². The maximum atomic E-state index is 13.0. The molecule has 0 aliphatic carbocycles. The van der Waals surface area contributed by atoms with Crippen molar-refractivity contribution in [3.63, 3.8) is 0 Å². The van der Waals surface area contributed by atoms with Crippen LogP contribution in [0.25, 0.3) is 0 Å². The number of Topliss-reactive ketones (excluding diaryl/α,β-unsaturated/α-hetero) is 3. The molecule has 3 atom stereocenters. The number of nitrogens with one attached hydrogen (secondary N) is 1. The highest BCUT2D eigenvalue weighted by Gasteiger charge is 2.37. The summed E-state index contributed by atoms with van der Waals surface area (Å²) < 4.78 is 5.31. The van der Waals surface area contributed by atoms with Crippen LogP contribution in [0.1, 0.15) is 67.7 Å². The Labute approximate surface area is 179 Å². The van der Waals surface area contributed by atoms with Gasteiger partial charge in [0.05, 0.1) is 18.9 Å². The van der Waals surface area contributed by atoms with Gasteiger partial charge in [0, 0.05) is 31.2 Å². The molecule has 170 valence electrons. The van der Waals surface area contributed by atoms with Crippen molar-refractivity contribution in [1.82, 2.24) is 5.32 Å². The van der Waals surface area contributed by atoms with Crippen LogP contribution in [0.4, 0.5) is 0 Å². The van der Waals surface area contributed by atoms with Crippen molar-refractivity contribution in [2.75, 3.05) is 13.2 Å². The third kappa shape index (κ3) is 8.00. The molecule has 0 bridgehead atoms. The number of carbonyl (C=O) groups excluding carboxylic acids is 5. The molecule has 30 heavy (non-hydrogen) atoms. The highest BCUT2D eigenvalue weighted by molar-refractivity contribution is 6.39. The predicted octanol–water partition coefficient (Wildman–Crippen LogP) is 2.74. The first-order valence-corrected chi connectivity index (χ1v) is 10.8. The number of amides is 1. The number of ketones is 3. The minimum atomic E-state index is -0.658. The lowest BCUT2D eigenvalue weighted by molar-refractivity contribution is -0.150. The summed E-state index contributed by atoms with van der Waals surface area (Å²) in [5, 5.41) is 2.45.